The van der Waals surface area contributed by atoms with Crippen LogP contribution < -0.4 is 16.0 Å². The van der Waals surface area contributed by atoms with E-state index in [1.54, 1.807) is 6.08 Å². The summed E-state index contributed by atoms with van der Waals surface area (Å²) in [6, 6.07) is -3.86. The number of carbonyl (C=O) groups is 4. The Morgan fingerprint density at radius 2 is 1.52 bits per heavy atom. The second kappa shape index (κ2) is 17.1. The molecule has 4 saturated heterocycles. The summed E-state index contributed by atoms with van der Waals surface area (Å²) in [6.45, 7) is 4.06. The first-order valence-corrected chi connectivity index (χ1v) is 16.4. The fraction of sp³-hybridized carbons (Fsp3) is 0.800. The maximum absolute atomic E-state index is 12.8. The highest BCUT2D eigenvalue weighted by Crippen LogP contribution is 2.33. The van der Waals surface area contributed by atoms with Gasteiger partial charge >= 0.3 is 6.03 Å². The van der Waals surface area contributed by atoms with Crippen LogP contribution in [0.15, 0.2) is 12.2 Å². The van der Waals surface area contributed by atoms with Crippen LogP contribution in [0.2, 0.25) is 0 Å². The number of nitrogens with zero attached hydrogens (tertiary/aromatic N) is 1. The molecule has 15 atom stereocenters. The van der Waals surface area contributed by atoms with E-state index in [0.717, 1.165) is 11.8 Å². The van der Waals surface area contributed by atoms with Gasteiger partial charge in [0.15, 0.2) is 18.8 Å². The van der Waals surface area contributed by atoms with Crippen LogP contribution in [-0.4, -0.2) is 175 Å². The van der Waals surface area contributed by atoms with Crippen LogP contribution in [0.25, 0.3) is 0 Å². The minimum absolute atomic E-state index is 0.100. The molecule has 50 heavy (non-hydrogen) atoms. The van der Waals surface area contributed by atoms with Gasteiger partial charge in [0.2, 0.25) is 17.7 Å². The molecular formula is C30H48N4O16. The Morgan fingerprint density at radius 1 is 0.920 bits per heavy atom. The number of ether oxygens (including phenoxy) is 4. The van der Waals surface area contributed by atoms with Gasteiger partial charge in [0, 0.05) is 26.3 Å². The molecule has 20 heteroatoms. The third kappa shape index (κ3) is 9.13. The van der Waals surface area contributed by atoms with Gasteiger partial charge in [0.1, 0.15) is 60.9 Å². The highest BCUT2D eigenvalue weighted by atomic mass is 16.8. The molecule has 4 fully saturated rings. The topological polar surface area (TPSA) is 306 Å². The standard InChI is InChI=1S/C30H48N4O16/c1-11(2)5-4-6-16(38)32-19-23(43)20(40)14(47-29(19)50-28-18(31-12(3)36)22(42)21(41)15(10-35)48-28)9-13(37)26-24(44)25(45)27(49-26)34-8-7-17(39)33-30(34)46/h4,6,11,13-15,18-29,35,37,40-45H,5,7-10H2,1-3H3,(H,31,36)(H,32,38)(H,33,39,46)/b6-4+/t13?,14-,15?,18?,19-,20?,21+,22+,23-,24+,25?,26+,27+,28+,29?/m0/s1. The van der Waals surface area contributed by atoms with E-state index in [2.05, 4.69) is 16.0 Å². The number of amides is 5. The number of hydrogen-bond acceptors (Lipinski definition) is 16. The van der Waals surface area contributed by atoms with Crippen molar-refractivity contribution in [1.82, 2.24) is 20.9 Å². The second-order valence-corrected chi connectivity index (χ2v) is 13.2. The predicted octanol–water partition coefficient (Wildman–Crippen LogP) is -5.38. The molecule has 20 nitrogen and oxygen atoms in total. The van der Waals surface area contributed by atoms with Crippen molar-refractivity contribution >= 4 is 23.8 Å². The van der Waals surface area contributed by atoms with E-state index in [0.29, 0.717) is 6.42 Å². The molecule has 5 amide bonds. The largest absolute Gasteiger partial charge is 0.394 e. The highest BCUT2D eigenvalue weighted by Gasteiger charge is 2.54. The molecule has 0 aromatic carbocycles. The van der Waals surface area contributed by atoms with Gasteiger partial charge in [0.25, 0.3) is 0 Å². The number of urea groups is 1. The summed E-state index contributed by atoms with van der Waals surface area (Å²) in [7, 11) is 0. The van der Waals surface area contributed by atoms with Gasteiger partial charge in [-0.2, -0.15) is 0 Å². The molecule has 4 heterocycles. The molecule has 0 saturated carbocycles. The van der Waals surface area contributed by atoms with E-state index in [9.17, 15) is 60.0 Å². The molecule has 0 aliphatic carbocycles. The fourth-order valence-electron chi connectivity index (χ4n) is 6.23. The monoisotopic (exact) mass is 720 g/mol. The Morgan fingerprint density at radius 3 is 2.10 bits per heavy atom. The summed E-state index contributed by atoms with van der Waals surface area (Å²) in [4.78, 5) is 49.7. The van der Waals surface area contributed by atoms with E-state index in [-0.39, 0.29) is 18.9 Å². The Balaban J connectivity index is 1.55. The number of rotatable bonds is 12. The number of hydrogen-bond donors (Lipinski definition) is 11. The minimum Gasteiger partial charge on any atom is -0.394 e. The van der Waals surface area contributed by atoms with Crippen LogP contribution in [-0.2, 0) is 33.3 Å². The number of aliphatic hydroxyl groups excluding tert-OH is 8. The second-order valence-electron chi connectivity index (χ2n) is 13.2. The zero-order chi connectivity index (χ0) is 37.0. The third-order valence-electron chi connectivity index (χ3n) is 8.93. The van der Waals surface area contributed by atoms with E-state index in [1.165, 1.54) is 6.08 Å². The summed E-state index contributed by atoms with van der Waals surface area (Å²) < 4.78 is 23.1. The zero-order valence-electron chi connectivity index (χ0n) is 27.7. The molecule has 4 rings (SSSR count). The predicted molar refractivity (Wildman–Crippen MR) is 164 cm³/mol. The number of aliphatic hydroxyl groups is 8. The molecule has 0 bridgehead atoms. The molecule has 0 aromatic rings. The van der Waals surface area contributed by atoms with E-state index >= 15 is 0 Å². The lowest BCUT2D eigenvalue weighted by molar-refractivity contribution is -0.346. The highest BCUT2D eigenvalue weighted by molar-refractivity contribution is 5.96. The molecule has 4 aliphatic heterocycles. The maximum atomic E-state index is 12.8. The first-order valence-electron chi connectivity index (χ1n) is 16.4. The number of carbonyl (C=O) groups excluding carboxylic acids is 4. The number of allylic oxidation sites excluding steroid dienone is 1. The van der Waals surface area contributed by atoms with Crippen LogP contribution in [0, 0.1) is 5.92 Å². The number of nitrogens with one attached hydrogen (secondary N) is 3. The van der Waals surface area contributed by atoms with Gasteiger partial charge in [-0.25, -0.2) is 4.79 Å². The minimum atomic E-state index is -1.84. The Kier molecular flexibility index (Phi) is 13.7. The van der Waals surface area contributed by atoms with Crippen molar-refractivity contribution in [3.63, 3.8) is 0 Å². The summed E-state index contributed by atoms with van der Waals surface area (Å²) in [6.07, 6.45) is -18.9. The summed E-state index contributed by atoms with van der Waals surface area (Å²) in [5.41, 5.74) is 0. The molecular weight excluding hydrogens is 672 g/mol. The van der Waals surface area contributed by atoms with Crippen LogP contribution in [0.5, 0.6) is 0 Å². The lowest BCUT2D eigenvalue weighted by Gasteiger charge is -2.47. The first kappa shape index (κ1) is 39.9. The van der Waals surface area contributed by atoms with Crippen molar-refractivity contribution in [2.45, 2.75) is 132 Å². The summed E-state index contributed by atoms with van der Waals surface area (Å²) >= 11 is 0. The quantitative estimate of drug-likeness (QED) is 0.0839. The van der Waals surface area contributed by atoms with Gasteiger partial charge < -0.3 is 70.4 Å². The van der Waals surface area contributed by atoms with Crippen molar-refractivity contribution in [3.05, 3.63) is 12.2 Å². The van der Waals surface area contributed by atoms with Crippen molar-refractivity contribution in [2.24, 2.45) is 5.92 Å². The Hall–Kier alpha value is -2.86. The van der Waals surface area contributed by atoms with Gasteiger partial charge in [-0.1, -0.05) is 19.9 Å². The summed E-state index contributed by atoms with van der Waals surface area (Å²) in [5.74, 6) is -1.69. The zero-order valence-corrected chi connectivity index (χ0v) is 27.7. The van der Waals surface area contributed by atoms with Crippen molar-refractivity contribution in [2.75, 3.05) is 13.2 Å². The van der Waals surface area contributed by atoms with E-state index in [4.69, 9.17) is 18.9 Å². The molecule has 0 aromatic heterocycles. The molecule has 11 N–H and O–H groups in total. The van der Waals surface area contributed by atoms with Gasteiger partial charge in [-0.05, 0) is 18.4 Å². The summed E-state index contributed by atoms with van der Waals surface area (Å²) in [5, 5.41) is 92.6. The van der Waals surface area contributed by atoms with Gasteiger partial charge in [0.05, 0.1) is 18.8 Å². The van der Waals surface area contributed by atoms with E-state index in [1.807, 2.05) is 13.8 Å². The Labute approximate surface area is 286 Å². The Bertz CT molecular complexity index is 1240. The lowest BCUT2D eigenvalue weighted by Crippen LogP contribution is -2.68. The molecule has 6 unspecified atom stereocenters. The SMILES string of the molecule is CC(=O)NC1[C@@H](OC2O[C@@H](CC(O)[C@H]3O[C@@H](N4CCC(=O)NC4=O)C(O)[C@H]3O)C(O)[C@@H](O)[C@@H]2NC(=O)/C=C/CC(C)C)OC(CO)[C@@H](O)[C@@H]1O. The lowest BCUT2D eigenvalue weighted by atomic mass is 9.91. The molecule has 4 aliphatic rings. The van der Waals surface area contributed by atoms with E-state index < -0.39 is 129 Å². The van der Waals surface area contributed by atoms with Crippen LogP contribution in [0.3, 0.4) is 0 Å². The maximum Gasteiger partial charge on any atom is 0.326 e. The van der Waals surface area contributed by atoms with Crippen LogP contribution in [0.4, 0.5) is 4.79 Å². The van der Waals surface area contributed by atoms with Crippen LogP contribution >= 0.6 is 0 Å². The molecule has 284 valence electrons. The van der Waals surface area contributed by atoms with Gasteiger partial charge in [-0.15, -0.1) is 0 Å². The van der Waals surface area contributed by atoms with Gasteiger partial charge in [-0.3, -0.25) is 24.6 Å². The first-order chi connectivity index (χ1) is 23.5. The molecule has 0 spiro atoms. The fourth-order valence-corrected chi connectivity index (χ4v) is 6.23. The van der Waals surface area contributed by atoms with Crippen LogP contribution in [0.1, 0.15) is 40.0 Å². The van der Waals surface area contributed by atoms with Crippen molar-refractivity contribution < 1.29 is 79.0 Å². The molecule has 0 radical (unpaired) electrons. The smallest absolute Gasteiger partial charge is 0.326 e. The average molecular weight is 721 g/mol. The van der Waals surface area contributed by atoms with Crippen molar-refractivity contribution in [3.8, 4) is 0 Å². The third-order valence-corrected chi connectivity index (χ3v) is 8.93. The average Bonchev–Trinajstić information content (AvgIpc) is 3.34. The number of imide groups is 1. The normalized spacial score (nSPS) is 40.2. The van der Waals surface area contributed by atoms with Crippen molar-refractivity contribution in [1.29, 1.82) is 0 Å².